The molecule has 0 aliphatic carbocycles. The molecule has 0 spiro atoms. The predicted molar refractivity (Wildman–Crippen MR) is 95.3 cm³/mol. The summed E-state index contributed by atoms with van der Waals surface area (Å²) < 4.78 is 10.6. The average molecular weight is 398 g/mol. The van der Waals surface area contributed by atoms with Gasteiger partial charge in [-0.15, -0.1) is 11.3 Å². The Morgan fingerprint density at radius 1 is 1.36 bits per heavy atom. The Kier molecular flexibility index (Phi) is 5.57. The van der Waals surface area contributed by atoms with Gasteiger partial charge in [-0.25, -0.2) is 4.98 Å². The predicted octanol–water partition coefficient (Wildman–Crippen LogP) is 4.26. The standard InChI is InChI=1S/C16H13Cl2N3O3S/c1-9-20-10(8-25-9)6-19-16(22)14-5-11(24-21-14)7-23-15-12(17)3-2-4-13(15)18/h2-5,8H,6-7H2,1H3,(H,19,22). The van der Waals surface area contributed by atoms with Crippen molar-refractivity contribution in [2.24, 2.45) is 0 Å². The summed E-state index contributed by atoms with van der Waals surface area (Å²) in [5, 5.41) is 10.1. The van der Waals surface area contributed by atoms with E-state index in [2.05, 4.69) is 15.5 Å². The number of carbonyl (C=O) groups excluding carboxylic acids is 1. The first-order valence-corrected chi connectivity index (χ1v) is 8.88. The number of benzene rings is 1. The first kappa shape index (κ1) is 17.7. The fourth-order valence-corrected chi connectivity index (χ4v) is 3.12. The molecular formula is C16H13Cl2N3O3S. The normalized spacial score (nSPS) is 10.7. The summed E-state index contributed by atoms with van der Waals surface area (Å²) in [6, 6.07) is 6.56. The van der Waals surface area contributed by atoms with E-state index in [4.69, 9.17) is 32.5 Å². The van der Waals surface area contributed by atoms with Crippen LogP contribution in [-0.4, -0.2) is 16.0 Å². The van der Waals surface area contributed by atoms with E-state index in [0.29, 0.717) is 28.1 Å². The second-order valence-electron chi connectivity index (χ2n) is 5.06. The fraction of sp³-hybridized carbons (Fsp3) is 0.188. The minimum Gasteiger partial charge on any atom is -0.482 e. The van der Waals surface area contributed by atoms with E-state index in [0.717, 1.165) is 10.7 Å². The van der Waals surface area contributed by atoms with E-state index >= 15 is 0 Å². The highest BCUT2D eigenvalue weighted by Gasteiger charge is 2.14. The smallest absolute Gasteiger partial charge is 0.273 e. The van der Waals surface area contributed by atoms with Crippen molar-refractivity contribution in [3.8, 4) is 5.75 Å². The molecule has 1 aromatic carbocycles. The lowest BCUT2D eigenvalue weighted by molar-refractivity contribution is 0.0941. The third kappa shape index (κ3) is 4.50. The van der Waals surface area contributed by atoms with Gasteiger partial charge in [0.1, 0.15) is 6.61 Å². The van der Waals surface area contributed by atoms with Crippen molar-refractivity contribution in [3.05, 3.63) is 61.8 Å². The molecule has 3 rings (SSSR count). The Labute approximate surface area is 157 Å². The summed E-state index contributed by atoms with van der Waals surface area (Å²) in [6.45, 7) is 2.29. The lowest BCUT2D eigenvalue weighted by Crippen LogP contribution is -2.23. The zero-order valence-corrected chi connectivity index (χ0v) is 15.4. The van der Waals surface area contributed by atoms with Crippen LogP contribution in [0.5, 0.6) is 5.75 Å². The fourth-order valence-electron chi connectivity index (χ4n) is 2.00. The highest BCUT2D eigenvalue weighted by atomic mass is 35.5. The molecule has 0 saturated carbocycles. The van der Waals surface area contributed by atoms with Crippen LogP contribution < -0.4 is 10.1 Å². The zero-order valence-electron chi connectivity index (χ0n) is 13.1. The van der Waals surface area contributed by atoms with Crippen LogP contribution in [0, 0.1) is 6.92 Å². The number of thiazole rings is 1. The van der Waals surface area contributed by atoms with Gasteiger partial charge < -0.3 is 14.6 Å². The summed E-state index contributed by atoms with van der Waals surface area (Å²) in [5.41, 5.74) is 0.965. The average Bonchev–Trinajstić information content (AvgIpc) is 3.21. The van der Waals surface area contributed by atoms with Crippen molar-refractivity contribution in [1.82, 2.24) is 15.5 Å². The van der Waals surface area contributed by atoms with Crippen LogP contribution in [0.15, 0.2) is 34.2 Å². The molecular weight excluding hydrogens is 385 g/mol. The molecule has 6 nitrogen and oxygen atoms in total. The Hall–Kier alpha value is -2.09. The van der Waals surface area contributed by atoms with Gasteiger partial charge in [-0.3, -0.25) is 4.79 Å². The molecule has 2 aromatic heterocycles. The number of aryl methyl sites for hydroxylation is 1. The van der Waals surface area contributed by atoms with Crippen LogP contribution in [0.4, 0.5) is 0 Å². The largest absolute Gasteiger partial charge is 0.482 e. The Balaban J connectivity index is 1.57. The Morgan fingerprint density at radius 3 is 2.80 bits per heavy atom. The maximum Gasteiger partial charge on any atom is 0.273 e. The monoisotopic (exact) mass is 397 g/mol. The molecule has 0 radical (unpaired) electrons. The summed E-state index contributed by atoms with van der Waals surface area (Å²) in [5.74, 6) is 0.384. The molecule has 0 unspecified atom stereocenters. The van der Waals surface area contributed by atoms with E-state index in [9.17, 15) is 4.79 Å². The Bertz CT molecular complexity index is 874. The number of nitrogens with zero attached hydrogens (tertiary/aromatic N) is 2. The molecule has 25 heavy (non-hydrogen) atoms. The molecule has 0 bridgehead atoms. The lowest BCUT2D eigenvalue weighted by Gasteiger charge is -2.07. The van der Waals surface area contributed by atoms with Crippen molar-refractivity contribution in [3.63, 3.8) is 0 Å². The molecule has 1 N–H and O–H groups in total. The molecule has 0 saturated heterocycles. The molecule has 1 amide bonds. The van der Waals surface area contributed by atoms with Crippen LogP contribution in [0.25, 0.3) is 0 Å². The van der Waals surface area contributed by atoms with Gasteiger partial charge in [0.05, 0.1) is 27.3 Å². The molecule has 2 heterocycles. The second-order valence-corrected chi connectivity index (χ2v) is 6.94. The molecule has 3 aromatic rings. The minimum atomic E-state index is -0.351. The third-order valence-electron chi connectivity index (χ3n) is 3.17. The lowest BCUT2D eigenvalue weighted by atomic mass is 10.3. The highest BCUT2D eigenvalue weighted by Crippen LogP contribution is 2.32. The molecule has 9 heteroatoms. The maximum absolute atomic E-state index is 12.1. The molecule has 0 fully saturated rings. The number of hydrogen-bond donors (Lipinski definition) is 1. The van der Waals surface area contributed by atoms with Crippen molar-refractivity contribution in [2.45, 2.75) is 20.1 Å². The van der Waals surface area contributed by atoms with Gasteiger partial charge in [0.15, 0.2) is 17.2 Å². The number of rotatable bonds is 6. The summed E-state index contributed by atoms with van der Waals surface area (Å²) in [4.78, 5) is 16.4. The summed E-state index contributed by atoms with van der Waals surface area (Å²) in [6.07, 6.45) is 0. The number of para-hydroxylation sites is 1. The van der Waals surface area contributed by atoms with E-state index < -0.39 is 0 Å². The van der Waals surface area contributed by atoms with Gasteiger partial charge in [0.25, 0.3) is 5.91 Å². The first-order chi connectivity index (χ1) is 12.0. The van der Waals surface area contributed by atoms with Crippen LogP contribution in [-0.2, 0) is 13.2 Å². The molecule has 0 atom stereocenters. The van der Waals surface area contributed by atoms with Crippen molar-refractivity contribution in [1.29, 1.82) is 0 Å². The maximum atomic E-state index is 12.1. The van der Waals surface area contributed by atoms with Crippen molar-refractivity contribution in [2.75, 3.05) is 0 Å². The van der Waals surface area contributed by atoms with Gasteiger partial charge in [-0.1, -0.05) is 34.4 Å². The van der Waals surface area contributed by atoms with Crippen LogP contribution in [0.3, 0.4) is 0 Å². The molecule has 0 aliphatic rings. The molecule has 130 valence electrons. The van der Waals surface area contributed by atoms with E-state index in [1.807, 2.05) is 12.3 Å². The van der Waals surface area contributed by atoms with Crippen LogP contribution in [0.1, 0.15) is 27.0 Å². The number of hydrogen-bond acceptors (Lipinski definition) is 6. The molecule has 0 aliphatic heterocycles. The number of nitrogens with one attached hydrogen (secondary N) is 1. The number of amides is 1. The SMILES string of the molecule is Cc1nc(CNC(=O)c2cc(COc3c(Cl)cccc3Cl)on2)cs1. The highest BCUT2D eigenvalue weighted by molar-refractivity contribution is 7.09. The number of ether oxygens (including phenoxy) is 1. The van der Waals surface area contributed by atoms with Crippen molar-refractivity contribution >= 4 is 40.4 Å². The third-order valence-corrected chi connectivity index (χ3v) is 4.58. The van der Waals surface area contributed by atoms with Gasteiger partial charge in [0, 0.05) is 11.4 Å². The summed E-state index contributed by atoms with van der Waals surface area (Å²) in [7, 11) is 0. The van der Waals surface area contributed by atoms with Gasteiger partial charge >= 0.3 is 0 Å². The Morgan fingerprint density at radius 2 is 2.12 bits per heavy atom. The van der Waals surface area contributed by atoms with Crippen LogP contribution >= 0.6 is 34.5 Å². The van der Waals surface area contributed by atoms with Gasteiger partial charge in [0.2, 0.25) is 0 Å². The van der Waals surface area contributed by atoms with Gasteiger partial charge in [-0.05, 0) is 19.1 Å². The van der Waals surface area contributed by atoms with Gasteiger partial charge in [-0.2, -0.15) is 0 Å². The topological polar surface area (TPSA) is 77.2 Å². The van der Waals surface area contributed by atoms with E-state index in [1.54, 1.807) is 18.2 Å². The van der Waals surface area contributed by atoms with E-state index in [1.165, 1.54) is 17.4 Å². The van der Waals surface area contributed by atoms with E-state index in [-0.39, 0.29) is 18.2 Å². The zero-order chi connectivity index (χ0) is 17.8. The van der Waals surface area contributed by atoms with Crippen molar-refractivity contribution < 1.29 is 14.1 Å². The van der Waals surface area contributed by atoms with Crippen LogP contribution in [0.2, 0.25) is 10.0 Å². The minimum absolute atomic E-state index is 0.0506. The number of halogens is 2. The number of carbonyl (C=O) groups is 1. The second kappa shape index (κ2) is 7.86. The summed E-state index contributed by atoms with van der Waals surface area (Å²) >= 11 is 13.6. The first-order valence-electron chi connectivity index (χ1n) is 7.24. The number of aromatic nitrogens is 2. The quantitative estimate of drug-likeness (QED) is 0.672.